The van der Waals surface area contributed by atoms with E-state index in [9.17, 15) is 9.18 Å². The van der Waals surface area contributed by atoms with Crippen LogP contribution in [0.1, 0.15) is 5.56 Å². The Morgan fingerprint density at radius 3 is 2.90 bits per heavy atom. The van der Waals surface area contributed by atoms with Gasteiger partial charge in [-0.3, -0.25) is 0 Å². The number of benzene rings is 1. The van der Waals surface area contributed by atoms with E-state index in [4.69, 9.17) is 20.4 Å². The predicted molar refractivity (Wildman–Crippen MR) is 69.0 cm³/mol. The molecule has 0 aliphatic rings. The molecule has 5 nitrogen and oxygen atoms in total. The van der Waals surface area contributed by atoms with Gasteiger partial charge in [0.1, 0.15) is 5.82 Å². The molecule has 1 aromatic carbocycles. The van der Waals surface area contributed by atoms with Gasteiger partial charge in [-0.1, -0.05) is 17.7 Å². The van der Waals surface area contributed by atoms with E-state index in [0.29, 0.717) is 11.3 Å². The molecular weight excluding hydrogens is 287 g/mol. The second-order valence-corrected chi connectivity index (χ2v) is 4.45. The number of rotatable bonds is 3. The average molecular weight is 295 g/mol. The zero-order chi connectivity index (χ0) is 14.1. The van der Waals surface area contributed by atoms with Gasteiger partial charge in [-0.05, 0) is 29.8 Å². The Kier molecular flexibility index (Phi) is 3.15. The largest absolute Gasteiger partial charge is 0.459 e. The van der Waals surface area contributed by atoms with E-state index in [1.165, 1.54) is 24.5 Å². The molecule has 0 atom stereocenters. The van der Waals surface area contributed by atoms with E-state index in [2.05, 4.69) is 5.10 Å². The van der Waals surface area contributed by atoms with Gasteiger partial charge in [-0.25, -0.2) is 9.18 Å². The molecule has 3 rings (SSSR count). The lowest BCUT2D eigenvalue weighted by molar-refractivity contribution is 0.476. The zero-order valence-electron chi connectivity index (χ0n) is 10.0. The SMILES string of the molecule is O=c1oc(-c2ccco2)nn1Cc1ccc(F)cc1Cl. The minimum Gasteiger partial charge on any atom is -0.459 e. The molecule has 0 aliphatic heterocycles. The maximum atomic E-state index is 13.0. The van der Waals surface area contributed by atoms with Crippen molar-refractivity contribution in [2.45, 2.75) is 6.54 Å². The number of hydrogen-bond donors (Lipinski definition) is 0. The maximum absolute atomic E-state index is 13.0. The van der Waals surface area contributed by atoms with Crippen LogP contribution in [-0.2, 0) is 6.54 Å². The van der Waals surface area contributed by atoms with Gasteiger partial charge in [0.05, 0.1) is 12.8 Å². The quantitative estimate of drug-likeness (QED) is 0.745. The smallest absolute Gasteiger partial charge is 0.437 e. The summed E-state index contributed by atoms with van der Waals surface area (Å²) in [6.45, 7) is 0.0855. The number of hydrogen-bond acceptors (Lipinski definition) is 4. The molecular formula is C13H8ClFN2O3. The van der Waals surface area contributed by atoms with Crippen LogP contribution in [0.4, 0.5) is 4.39 Å². The first-order valence-electron chi connectivity index (χ1n) is 5.69. The Bertz CT molecular complexity index is 792. The topological polar surface area (TPSA) is 61.2 Å². The van der Waals surface area contributed by atoms with Crippen LogP contribution in [0.25, 0.3) is 11.7 Å². The number of halogens is 2. The molecule has 0 spiro atoms. The van der Waals surface area contributed by atoms with Crippen molar-refractivity contribution in [2.24, 2.45) is 0 Å². The van der Waals surface area contributed by atoms with Crippen LogP contribution in [0.15, 0.2) is 50.2 Å². The van der Waals surface area contributed by atoms with Crippen LogP contribution in [-0.4, -0.2) is 9.78 Å². The number of nitrogens with zero attached hydrogens (tertiary/aromatic N) is 2. The fraction of sp³-hybridized carbons (Fsp3) is 0.0769. The van der Waals surface area contributed by atoms with Crippen molar-refractivity contribution in [2.75, 3.05) is 0 Å². The van der Waals surface area contributed by atoms with Crippen LogP contribution in [0.3, 0.4) is 0 Å². The molecule has 7 heteroatoms. The van der Waals surface area contributed by atoms with Gasteiger partial charge < -0.3 is 8.83 Å². The normalized spacial score (nSPS) is 10.9. The summed E-state index contributed by atoms with van der Waals surface area (Å²) in [6, 6.07) is 7.21. The Hall–Kier alpha value is -2.34. The molecule has 3 aromatic rings. The van der Waals surface area contributed by atoms with Crippen molar-refractivity contribution in [3.63, 3.8) is 0 Å². The molecule has 0 saturated heterocycles. The first-order valence-corrected chi connectivity index (χ1v) is 6.07. The molecule has 0 amide bonds. The third kappa shape index (κ3) is 2.37. The molecule has 0 unspecified atom stereocenters. The van der Waals surface area contributed by atoms with E-state index in [1.54, 1.807) is 12.1 Å². The Labute approximate surface area is 117 Å². The minimum atomic E-state index is -0.642. The summed E-state index contributed by atoms with van der Waals surface area (Å²) >= 11 is 5.91. The molecule has 0 radical (unpaired) electrons. The zero-order valence-corrected chi connectivity index (χ0v) is 10.8. The van der Waals surface area contributed by atoms with Gasteiger partial charge >= 0.3 is 5.76 Å². The summed E-state index contributed by atoms with van der Waals surface area (Å²) in [7, 11) is 0. The van der Waals surface area contributed by atoms with Crippen molar-refractivity contribution < 1.29 is 13.2 Å². The second kappa shape index (κ2) is 4.97. The van der Waals surface area contributed by atoms with E-state index < -0.39 is 11.6 Å². The van der Waals surface area contributed by atoms with Crippen LogP contribution < -0.4 is 5.76 Å². The van der Waals surface area contributed by atoms with Crippen LogP contribution >= 0.6 is 11.6 Å². The Balaban J connectivity index is 1.93. The minimum absolute atomic E-state index is 0.0817. The van der Waals surface area contributed by atoms with Crippen molar-refractivity contribution in [3.05, 3.63) is 63.5 Å². The van der Waals surface area contributed by atoms with Gasteiger partial charge in [0.2, 0.25) is 0 Å². The van der Waals surface area contributed by atoms with Crippen molar-refractivity contribution in [1.29, 1.82) is 0 Å². The highest BCUT2D eigenvalue weighted by Crippen LogP contribution is 2.19. The lowest BCUT2D eigenvalue weighted by Gasteiger charge is -2.02. The summed E-state index contributed by atoms with van der Waals surface area (Å²) < 4.78 is 24.1. The molecule has 2 aromatic heterocycles. The van der Waals surface area contributed by atoms with Gasteiger partial charge in [0, 0.05) is 5.02 Å². The molecule has 102 valence electrons. The summed E-state index contributed by atoms with van der Waals surface area (Å²) in [5.41, 5.74) is 0.564. The van der Waals surface area contributed by atoms with Gasteiger partial charge in [0.25, 0.3) is 5.89 Å². The van der Waals surface area contributed by atoms with Gasteiger partial charge in [-0.2, -0.15) is 4.68 Å². The molecule has 20 heavy (non-hydrogen) atoms. The molecule has 0 aliphatic carbocycles. The summed E-state index contributed by atoms with van der Waals surface area (Å²) in [4.78, 5) is 11.7. The van der Waals surface area contributed by atoms with Crippen molar-refractivity contribution in [1.82, 2.24) is 9.78 Å². The van der Waals surface area contributed by atoms with E-state index in [1.807, 2.05) is 0 Å². The van der Waals surface area contributed by atoms with Crippen LogP contribution in [0.5, 0.6) is 0 Å². The van der Waals surface area contributed by atoms with Crippen LogP contribution in [0, 0.1) is 5.82 Å². The average Bonchev–Trinajstić information content (AvgIpc) is 3.03. The second-order valence-electron chi connectivity index (χ2n) is 4.04. The standard InChI is InChI=1S/C13H8ClFN2O3/c14-10-6-9(15)4-3-8(10)7-17-13(18)20-12(16-17)11-2-1-5-19-11/h1-6H,7H2. The van der Waals surface area contributed by atoms with Crippen LogP contribution in [0.2, 0.25) is 5.02 Å². The van der Waals surface area contributed by atoms with E-state index in [0.717, 1.165) is 4.68 Å². The highest BCUT2D eigenvalue weighted by atomic mass is 35.5. The number of aromatic nitrogens is 2. The summed E-state index contributed by atoms with van der Waals surface area (Å²) in [5, 5.41) is 4.22. The van der Waals surface area contributed by atoms with Gasteiger partial charge in [0.15, 0.2) is 5.76 Å². The molecule has 0 fully saturated rings. The monoisotopic (exact) mass is 294 g/mol. The van der Waals surface area contributed by atoms with E-state index in [-0.39, 0.29) is 17.5 Å². The summed E-state index contributed by atoms with van der Waals surface area (Å²) in [6.07, 6.45) is 1.45. The Morgan fingerprint density at radius 2 is 2.20 bits per heavy atom. The molecule has 2 heterocycles. The molecule has 0 saturated carbocycles. The van der Waals surface area contributed by atoms with Crippen molar-refractivity contribution in [3.8, 4) is 11.7 Å². The third-order valence-corrected chi connectivity index (χ3v) is 3.03. The molecule has 0 N–H and O–H groups in total. The lowest BCUT2D eigenvalue weighted by atomic mass is 10.2. The Morgan fingerprint density at radius 1 is 1.35 bits per heavy atom. The van der Waals surface area contributed by atoms with Crippen molar-refractivity contribution >= 4 is 11.6 Å². The highest BCUT2D eigenvalue weighted by Gasteiger charge is 2.13. The predicted octanol–water partition coefficient (Wildman–Crippen LogP) is 2.94. The number of furan rings is 1. The first kappa shape index (κ1) is 12.7. The molecule has 0 bridgehead atoms. The van der Waals surface area contributed by atoms with Gasteiger partial charge in [-0.15, -0.1) is 5.10 Å². The fourth-order valence-electron chi connectivity index (χ4n) is 1.72. The highest BCUT2D eigenvalue weighted by molar-refractivity contribution is 6.31. The van der Waals surface area contributed by atoms with E-state index >= 15 is 0 Å². The third-order valence-electron chi connectivity index (χ3n) is 2.67. The lowest BCUT2D eigenvalue weighted by Crippen LogP contribution is -2.16. The first-order chi connectivity index (χ1) is 9.63. The fourth-order valence-corrected chi connectivity index (χ4v) is 1.94. The maximum Gasteiger partial charge on any atom is 0.437 e. The summed E-state index contributed by atoms with van der Waals surface area (Å²) in [5.74, 6) is -0.649.